The van der Waals surface area contributed by atoms with E-state index >= 15 is 0 Å². The molecular formula is C24H20FN9O2S. The summed E-state index contributed by atoms with van der Waals surface area (Å²) in [7, 11) is -1.58. The fraction of sp³-hybridized carbons (Fsp3) is 0.125. The molecule has 6 aromatic rings. The largest absolute Gasteiger partial charge is 0.336 e. The Morgan fingerprint density at radius 1 is 1.05 bits per heavy atom. The maximum atomic E-state index is 14.5. The summed E-state index contributed by atoms with van der Waals surface area (Å²) in [5.74, 6) is -0.0133. The molecular weight excluding hydrogens is 497 g/mol. The fourth-order valence-corrected chi connectivity index (χ4v) is 4.60. The topological polar surface area (TPSA) is 147 Å². The Kier molecular flexibility index (Phi) is 5.31. The zero-order valence-electron chi connectivity index (χ0n) is 19.7. The number of nitrogens with zero attached hydrogens (tertiary/aromatic N) is 6. The second-order valence-electron chi connectivity index (χ2n) is 8.68. The molecule has 0 spiro atoms. The van der Waals surface area contributed by atoms with Crippen molar-refractivity contribution < 1.29 is 12.8 Å². The molecule has 0 bridgehead atoms. The predicted molar refractivity (Wildman–Crippen MR) is 136 cm³/mol. The molecule has 0 aliphatic rings. The Morgan fingerprint density at radius 2 is 1.92 bits per heavy atom. The highest BCUT2D eigenvalue weighted by Crippen LogP contribution is 2.32. The first-order valence-electron chi connectivity index (χ1n) is 11.2. The van der Waals surface area contributed by atoms with Crippen molar-refractivity contribution in [3.63, 3.8) is 0 Å². The van der Waals surface area contributed by atoms with Gasteiger partial charge in [0, 0.05) is 48.9 Å². The Morgan fingerprint density at radius 3 is 2.70 bits per heavy atom. The van der Waals surface area contributed by atoms with Crippen LogP contribution in [0.2, 0.25) is 0 Å². The molecule has 0 amide bonds. The van der Waals surface area contributed by atoms with Gasteiger partial charge in [0.2, 0.25) is 10.0 Å². The molecule has 11 nitrogen and oxygen atoms in total. The normalized spacial score (nSPS) is 12.1. The van der Waals surface area contributed by atoms with Gasteiger partial charge in [-0.2, -0.15) is 10.2 Å². The number of imidazole rings is 1. The molecule has 0 saturated carbocycles. The number of aromatic nitrogens is 8. The molecule has 0 unspecified atom stereocenters. The molecule has 0 radical (unpaired) electrons. The van der Waals surface area contributed by atoms with Gasteiger partial charge < -0.3 is 4.98 Å². The summed E-state index contributed by atoms with van der Waals surface area (Å²) < 4.78 is 41.5. The summed E-state index contributed by atoms with van der Waals surface area (Å²) in [4.78, 5) is 17.0. The SMILES string of the molecule is Cn1cc(-c2cnc3[nH]nc(-c4nc5c(-c6cc(F)cc(CNS(C)(=O)=O)c6)nccc5[nH]4)c3c2)cn1. The van der Waals surface area contributed by atoms with Crippen molar-refractivity contribution in [1.82, 2.24) is 44.6 Å². The highest BCUT2D eigenvalue weighted by molar-refractivity contribution is 7.88. The predicted octanol–water partition coefficient (Wildman–Crippen LogP) is 3.15. The van der Waals surface area contributed by atoms with E-state index in [-0.39, 0.29) is 6.54 Å². The van der Waals surface area contributed by atoms with Crippen LogP contribution in [0.3, 0.4) is 0 Å². The number of aryl methyl sites for hydroxylation is 1. The summed E-state index contributed by atoms with van der Waals surface area (Å²) >= 11 is 0. The van der Waals surface area contributed by atoms with Crippen molar-refractivity contribution in [2.24, 2.45) is 7.05 Å². The van der Waals surface area contributed by atoms with Crippen LogP contribution < -0.4 is 4.72 Å². The Hall–Kier alpha value is -4.49. The lowest BCUT2D eigenvalue weighted by Gasteiger charge is -2.07. The lowest BCUT2D eigenvalue weighted by Crippen LogP contribution is -2.21. The first-order valence-corrected chi connectivity index (χ1v) is 13.1. The van der Waals surface area contributed by atoms with Crippen molar-refractivity contribution in [1.29, 1.82) is 0 Å². The molecule has 13 heteroatoms. The summed E-state index contributed by atoms with van der Waals surface area (Å²) in [5, 5.41) is 12.4. The van der Waals surface area contributed by atoms with Crippen molar-refractivity contribution in [2.75, 3.05) is 6.26 Å². The second kappa shape index (κ2) is 8.57. The fourth-order valence-electron chi connectivity index (χ4n) is 4.17. The van der Waals surface area contributed by atoms with Crippen LogP contribution in [-0.2, 0) is 23.6 Å². The average molecular weight is 518 g/mol. The molecule has 5 heterocycles. The smallest absolute Gasteiger partial charge is 0.209 e. The van der Waals surface area contributed by atoms with Gasteiger partial charge in [-0.3, -0.25) is 14.8 Å². The number of fused-ring (bicyclic) bond motifs is 2. The molecule has 0 fully saturated rings. The van der Waals surface area contributed by atoms with E-state index in [0.717, 1.165) is 22.8 Å². The number of benzene rings is 1. The van der Waals surface area contributed by atoms with Crippen LogP contribution in [0.25, 0.3) is 56.0 Å². The van der Waals surface area contributed by atoms with Crippen LogP contribution in [0, 0.1) is 5.82 Å². The van der Waals surface area contributed by atoms with Crippen LogP contribution in [-0.4, -0.2) is 54.6 Å². The van der Waals surface area contributed by atoms with Gasteiger partial charge in [0.05, 0.1) is 29.0 Å². The third-order valence-corrected chi connectivity index (χ3v) is 6.52. The molecule has 0 saturated heterocycles. The molecule has 186 valence electrons. The van der Waals surface area contributed by atoms with E-state index in [4.69, 9.17) is 4.98 Å². The second-order valence-corrected chi connectivity index (χ2v) is 10.5. The summed E-state index contributed by atoms with van der Waals surface area (Å²) in [6, 6.07) is 8.05. The number of hydrogen-bond acceptors (Lipinski definition) is 7. The van der Waals surface area contributed by atoms with E-state index in [2.05, 4.69) is 35.0 Å². The number of rotatable bonds is 6. The quantitative estimate of drug-likeness (QED) is 0.307. The lowest BCUT2D eigenvalue weighted by molar-refractivity contribution is 0.586. The lowest BCUT2D eigenvalue weighted by atomic mass is 10.1. The molecule has 3 N–H and O–H groups in total. The number of aromatic amines is 2. The van der Waals surface area contributed by atoms with E-state index in [9.17, 15) is 12.8 Å². The number of H-pyrrole nitrogens is 2. The van der Waals surface area contributed by atoms with Crippen LogP contribution in [0.15, 0.2) is 55.1 Å². The van der Waals surface area contributed by atoms with Gasteiger partial charge >= 0.3 is 0 Å². The highest BCUT2D eigenvalue weighted by Gasteiger charge is 2.18. The van der Waals surface area contributed by atoms with Gasteiger partial charge in [-0.05, 0) is 35.9 Å². The molecule has 1 aromatic carbocycles. The van der Waals surface area contributed by atoms with E-state index in [1.54, 1.807) is 35.4 Å². The zero-order valence-corrected chi connectivity index (χ0v) is 20.5. The van der Waals surface area contributed by atoms with Crippen LogP contribution in [0.4, 0.5) is 4.39 Å². The van der Waals surface area contributed by atoms with Gasteiger partial charge in [0.25, 0.3) is 0 Å². The van der Waals surface area contributed by atoms with Crippen molar-refractivity contribution >= 4 is 32.1 Å². The molecule has 37 heavy (non-hydrogen) atoms. The third-order valence-electron chi connectivity index (χ3n) is 5.85. The van der Waals surface area contributed by atoms with Gasteiger partial charge in [0.1, 0.15) is 17.0 Å². The van der Waals surface area contributed by atoms with Gasteiger partial charge in [0.15, 0.2) is 11.5 Å². The summed E-state index contributed by atoms with van der Waals surface area (Å²) in [5.41, 5.74) is 5.59. The van der Waals surface area contributed by atoms with Crippen LogP contribution in [0.5, 0.6) is 0 Å². The van der Waals surface area contributed by atoms with Gasteiger partial charge in [-0.25, -0.2) is 27.5 Å². The Labute approximate surface area is 209 Å². The van der Waals surface area contributed by atoms with Crippen molar-refractivity contribution in [3.05, 3.63) is 66.5 Å². The van der Waals surface area contributed by atoms with Gasteiger partial charge in [-0.15, -0.1) is 0 Å². The first kappa shape index (κ1) is 22.9. The van der Waals surface area contributed by atoms with Crippen molar-refractivity contribution in [2.45, 2.75) is 6.54 Å². The van der Waals surface area contributed by atoms with E-state index in [0.29, 0.717) is 45.0 Å². The summed E-state index contributed by atoms with van der Waals surface area (Å²) in [6.45, 7) is -0.0447. The molecule has 6 rings (SSSR count). The number of halogens is 1. The summed E-state index contributed by atoms with van der Waals surface area (Å²) in [6.07, 6.45) is 8.07. The number of sulfonamides is 1. The first-order chi connectivity index (χ1) is 17.7. The number of pyridine rings is 2. The van der Waals surface area contributed by atoms with Crippen LogP contribution in [0.1, 0.15) is 5.56 Å². The van der Waals surface area contributed by atoms with E-state index in [1.165, 1.54) is 12.1 Å². The Bertz CT molecular complexity index is 1910. The molecule has 0 aliphatic heterocycles. The number of nitrogens with one attached hydrogen (secondary N) is 3. The monoisotopic (exact) mass is 517 g/mol. The van der Waals surface area contributed by atoms with E-state index in [1.807, 2.05) is 19.3 Å². The average Bonchev–Trinajstić information content (AvgIpc) is 3.58. The molecule has 0 aliphatic carbocycles. The van der Waals surface area contributed by atoms with E-state index < -0.39 is 15.8 Å². The maximum absolute atomic E-state index is 14.5. The minimum absolute atomic E-state index is 0.0447. The zero-order chi connectivity index (χ0) is 25.7. The van der Waals surface area contributed by atoms with Gasteiger partial charge in [-0.1, -0.05) is 0 Å². The molecule has 5 aromatic heterocycles. The Balaban J connectivity index is 1.43. The minimum Gasteiger partial charge on any atom is -0.336 e. The highest BCUT2D eigenvalue weighted by atomic mass is 32.2. The van der Waals surface area contributed by atoms with Crippen molar-refractivity contribution in [3.8, 4) is 33.9 Å². The molecule has 0 atom stereocenters. The third kappa shape index (κ3) is 4.45. The minimum atomic E-state index is -3.43. The maximum Gasteiger partial charge on any atom is 0.209 e. The van der Waals surface area contributed by atoms with Crippen LogP contribution >= 0.6 is 0 Å². The standard InChI is InChI=1S/C24H20FN9O2S/c1-34-12-16(11-28-34)15-8-18-21(32-33-23(18)27-10-15)24-30-19-3-4-26-20(22(19)31-24)14-5-13(6-17(25)7-14)9-29-37(2,35)36/h3-8,10-12,29H,9H2,1-2H3,(H,30,31)(H,27,32,33). The number of hydrogen-bond donors (Lipinski definition) is 3.